The minimum atomic E-state index is -0.220. The molecule has 0 heterocycles. The first-order chi connectivity index (χ1) is 15.4. The first kappa shape index (κ1) is 28.0. The minimum Gasteiger partial charge on any atom is -0.358 e. The molecule has 3 N–H and O–H groups in total. The van der Waals surface area contributed by atoms with Crippen LogP contribution in [0.2, 0.25) is 0 Å². The lowest BCUT2D eigenvalue weighted by molar-refractivity contribution is -0.122. The molecule has 3 amide bonds. The quantitative estimate of drug-likeness (QED) is 0.347. The summed E-state index contributed by atoms with van der Waals surface area (Å²) in [6.45, 7) is 8.55. The van der Waals surface area contributed by atoms with Crippen LogP contribution >= 0.6 is 11.8 Å². The summed E-state index contributed by atoms with van der Waals surface area (Å²) in [5, 5.41) is 8.87. The lowest BCUT2D eigenvalue weighted by Crippen LogP contribution is -2.44. The van der Waals surface area contributed by atoms with Crippen LogP contribution in [0.15, 0.2) is 18.2 Å². The molecule has 180 valence electrons. The second-order valence-electron chi connectivity index (χ2n) is 7.89. The van der Waals surface area contributed by atoms with Gasteiger partial charge in [-0.05, 0) is 74.9 Å². The van der Waals surface area contributed by atoms with Crippen LogP contribution in [-0.4, -0.2) is 73.9 Å². The normalized spacial score (nSPS) is 11.7. The Hall–Kier alpha value is -2.06. The third kappa shape index (κ3) is 9.61. The molecule has 1 atom stereocenters. The lowest BCUT2D eigenvalue weighted by Gasteiger charge is -2.22. The number of thioether (sulfide) groups is 1. The van der Waals surface area contributed by atoms with E-state index in [1.54, 1.807) is 30.9 Å². The first-order valence-corrected chi connectivity index (χ1v) is 12.9. The molecule has 32 heavy (non-hydrogen) atoms. The molecule has 0 bridgehead atoms. The molecule has 0 saturated carbocycles. The Kier molecular flexibility index (Phi) is 13.7. The molecule has 0 fully saturated rings. The third-order valence-corrected chi connectivity index (χ3v) is 5.71. The van der Waals surface area contributed by atoms with Gasteiger partial charge in [0, 0.05) is 37.8 Å². The van der Waals surface area contributed by atoms with Crippen molar-refractivity contribution in [1.82, 2.24) is 20.9 Å². The standard InChI is InChI=1S/C24H40N4O3S/c1-6-12-28(13-7-2)24(31)20-16-18(3)15-19(17-20)22(29)27-11-8-10-26-21(9-14-32-5)23(30)25-4/h15-17,21,26H,6-14H2,1-5H3,(H,25,30)(H,27,29)/t21-/m0/s1. The molecule has 8 heteroatoms. The van der Waals surface area contributed by atoms with Crippen LogP contribution in [0.3, 0.4) is 0 Å². The zero-order chi connectivity index (χ0) is 23.9. The van der Waals surface area contributed by atoms with Gasteiger partial charge in [-0.15, -0.1) is 0 Å². The smallest absolute Gasteiger partial charge is 0.253 e. The molecular formula is C24H40N4O3S. The highest BCUT2D eigenvalue weighted by Crippen LogP contribution is 2.13. The Morgan fingerprint density at radius 3 is 2.28 bits per heavy atom. The van der Waals surface area contributed by atoms with E-state index < -0.39 is 0 Å². The van der Waals surface area contributed by atoms with E-state index in [0.29, 0.717) is 43.7 Å². The van der Waals surface area contributed by atoms with Gasteiger partial charge in [0.25, 0.3) is 11.8 Å². The Morgan fingerprint density at radius 1 is 1.03 bits per heavy atom. The molecule has 0 aliphatic carbocycles. The molecule has 0 radical (unpaired) electrons. The van der Waals surface area contributed by atoms with Gasteiger partial charge in [-0.2, -0.15) is 11.8 Å². The van der Waals surface area contributed by atoms with Gasteiger partial charge < -0.3 is 20.9 Å². The molecule has 0 saturated heterocycles. The molecule has 0 spiro atoms. The summed E-state index contributed by atoms with van der Waals surface area (Å²) >= 11 is 1.71. The van der Waals surface area contributed by atoms with Gasteiger partial charge >= 0.3 is 0 Å². The van der Waals surface area contributed by atoms with Crippen LogP contribution in [0.5, 0.6) is 0 Å². The van der Waals surface area contributed by atoms with Crippen molar-refractivity contribution in [2.45, 2.75) is 52.5 Å². The molecule has 1 aromatic carbocycles. The maximum Gasteiger partial charge on any atom is 0.253 e. The summed E-state index contributed by atoms with van der Waals surface area (Å²) in [6.07, 6.45) is 5.29. The molecule has 0 aliphatic heterocycles. The molecule has 0 unspecified atom stereocenters. The number of amides is 3. The maximum absolute atomic E-state index is 12.9. The van der Waals surface area contributed by atoms with Gasteiger partial charge in [0.15, 0.2) is 0 Å². The van der Waals surface area contributed by atoms with E-state index >= 15 is 0 Å². The van der Waals surface area contributed by atoms with Crippen molar-refractivity contribution in [2.24, 2.45) is 0 Å². The average Bonchev–Trinajstić information content (AvgIpc) is 2.79. The van der Waals surface area contributed by atoms with E-state index in [-0.39, 0.29) is 23.8 Å². The van der Waals surface area contributed by atoms with Crippen molar-refractivity contribution in [3.05, 3.63) is 34.9 Å². The summed E-state index contributed by atoms with van der Waals surface area (Å²) < 4.78 is 0. The van der Waals surface area contributed by atoms with Crippen molar-refractivity contribution < 1.29 is 14.4 Å². The van der Waals surface area contributed by atoms with Gasteiger partial charge in [0.05, 0.1) is 6.04 Å². The van der Waals surface area contributed by atoms with Crippen LogP contribution in [-0.2, 0) is 4.79 Å². The van der Waals surface area contributed by atoms with E-state index in [0.717, 1.165) is 30.6 Å². The fourth-order valence-electron chi connectivity index (χ4n) is 3.48. The summed E-state index contributed by atoms with van der Waals surface area (Å²) in [5.41, 5.74) is 1.94. The molecular weight excluding hydrogens is 424 g/mol. The topological polar surface area (TPSA) is 90.5 Å². The van der Waals surface area contributed by atoms with E-state index in [4.69, 9.17) is 0 Å². The van der Waals surface area contributed by atoms with Crippen molar-refractivity contribution in [3.8, 4) is 0 Å². The van der Waals surface area contributed by atoms with Crippen LogP contribution < -0.4 is 16.0 Å². The van der Waals surface area contributed by atoms with Crippen molar-refractivity contribution in [2.75, 3.05) is 45.2 Å². The second kappa shape index (κ2) is 15.7. The number of nitrogens with zero attached hydrogens (tertiary/aromatic N) is 1. The summed E-state index contributed by atoms with van der Waals surface area (Å²) in [6, 6.07) is 5.11. The Labute approximate surface area is 197 Å². The van der Waals surface area contributed by atoms with Crippen LogP contribution in [0.1, 0.15) is 65.8 Å². The van der Waals surface area contributed by atoms with E-state index in [1.165, 1.54) is 0 Å². The van der Waals surface area contributed by atoms with Crippen molar-refractivity contribution in [3.63, 3.8) is 0 Å². The van der Waals surface area contributed by atoms with E-state index in [2.05, 4.69) is 29.8 Å². The van der Waals surface area contributed by atoms with Gasteiger partial charge in [0.2, 0.25) is 5.91 Å². The summed E-state index contributed by atoms with van der Waals surface area (Å²) in [4.78, 5) is 39.4. The largest absolute Gasteiger partial charge is 0.358 e. The number of aryl methyl sites for hydroxylation is 1. The number of hydrogen-bond donors (Lipinski definition) is 3. The Morgan fingerprint density at radius 2 is 1.69 bits per heavy atom. The number of benzene rings is 1. The summed E-state index contributed by atoms with van der Waals surface area (Å²) in [7, 11) is 1.64. The number of likely N-dealkylation sites (N-methyl/N-ethyl adjacent to an activating group) is 1. The summed E-state index contributed by atoms with van der Waals surface area (Å²) in [5.74, 6) is 0.677. The monoisotopic (exact) mass is 464 g/mol. The van der Waals surface area contributed by atoms with Crippen LogP contribution in [0.25, 0.3) is 0 Å². The van der Waals surface area contributed by atoms with Gasteiger partial charge in [-0.1, -0.05) is 13.8 Å². The number of rotatable bonds is 15. The van der Waals surface area contributed by atoms with Gasteiger partial charge in [-0.3, -0.25) is 14.4 Å². The fraction of sp³-hybridized carbons (Fsp3) is 0.625. The second-order valence-corrected chi connectivity index (χ2v) is 8.88. The maximum atomic E-state index is 12.9. The number of carbonyl (C=O) groups is 3. The Balaban J connectivity index is 2.64. The average molecular weight is 465 g/mol. The van der Waals surface area contributed by atoms with Gasteiger partial charge in [-0.25, -0.2) is 0 Å². The zero-order valence-electron chi connectivity index (χ0n) is 20.3. The predicted molar refractivity (Wildman–Crippen MR) is 133 cm³/mol. The zero-order valence-corrected chi connectivity index (χ0v) is 21.1. The SMILES string of the molecule is CCCN(CCC)C(=O)c1cc(C)cc(C(=O)NCCCN[C@@H](CCSC)C(=O)NC)c1. The highest BCUT2D eigenvalue weighted by atomic mass is 32.2. The fourth-order valence-corrected chi connectivity index (χ4v) is 3.95. The molecule has 0 aromatic heterocycles. The minimum absolute atomic E-state index is 0.0137. The van der Waals surface area contributed by atoms with Crippen molar-refractivity contribution in [1.29, 1.82) is 0 Å². The highest BCUT2D eigenvalue weighted by Gasteiger charge is 2.18. The van der Waals surface area contributed by atoms with Crippen LogP contribution in [0, 0.1) is 6.92 Å². The molecule has 7 nitrogen and oxygen atoms in total. The first-order valence-electron chi connectivity index (χ1n) is 11.5. The number of hydrogen-bond acceptors (Lipinski definition) is 5. The van der Waals surface area contributed by atoms with E-state index in [9.17, 15) is 14.4 Å². The lowest BCUT2D eigenvalue weighted by atomic mass is 10.0. The van der Waals surface area contributed by atoms with Gasteiger partial charge in [0.1, 0.15) is 0 Å². The molecule has 1 rings (SSSR count). The predicted octanol–water partition coefficient (Wildman–Crippen LogP) is 2.83. The highest BCUT2D eigenvalue weighted by molar-refractivity contribution is 7.98. The molecule has 0 aliphatic rings. The third-order valence-electron chi connectivity index (χ3n) is 5.06. The molecule has 1 aromatic rings. The number of nitrogens with one attached hydrogen (secondary N) is 3. The Bertz CT molecular complexity index is 736. The number of carbonyl (C=O) groups excluding carboxylic acids is 3. The van der Waals surface area contributed by atoms with E-state index in [1.807, 2.05) is 24.1 Å². The van der Waals surface area contributed by atoms with Crippen LogP contribution in [0.4, 0.5) is 0 Å². The van der Waals surface area contributed by atoms with Crippen molar-refractivity contribution >= 4 is 29.5 Å².